The van der Waals surface area contributed by atoms with Gasteiger partial charge in [-0.25, -0.2) is 4.98 Å². The number of halogens is 3. The molecule has 0 spiro atoms. The zero-order valence-electron chi connectivity index (χ0n) is 15.9. The summed E-state index contributed by atoms with van der Waals surface area (Å²) in [5.41, 5.74) is 1.31. The van der Waals surface area contributed by atoms with Crippen LogP contribution in [0.2, 0.25) is 0 Å². The van der Waals surface area contributed by atoms with Crippen LogP contribution in [0.5, 0.6) is 5.75 Å². The van der Waals surface area contributed by atoms with Gasteiger partial charge in [0.2, 0.25) is 5.95 Å². The van der Waals surface area contributed by atoms with Gasteiger partial charge in [0.15, 0.2) is 0 Å². The molecule has 5 nitrogen and oxygen atoms in total. The molecule has 0 amide bonds. The maximum absolute atomic E-state index is 12.5. The van der Waals surface area contributed by atoms with E-state index >= 15 is 0 Å². The van der Waals surface area contributed by atoms with Crippen LogP contribution >= 0.6 is 0 Å². The third-order valence-electron chi connectivity index (χ3n) is 4.89. The van der Waals surface area contributed by atoms with E-state index in [0.717, 1.165) is 17.9 Å². The number of hydrogen-bond acceptors (Lipinski definition) is 5. The van der Waals surface area contributed by atoms with Crippen molar-refractivity contribution in [2.45, 2.75) is 51.9 Å². The number of para-hydroxylation sites is 1. The fourth-order valence-electron chi connectivity index (χ4n) is 3.39. The average Bonchev–Trinajstić information content (AvgIpc) is 2.67. The molecule has 0 radical (unpaired) electrons. The van der Waals surface area contributed by atoms with E-state index < -0.39 is 6.36 Å². The maximum atomic E-state index is 12.5. The van der Waals surface area contributed by atoms with Crippen LogP contribution in [0.4, 0.5) is 24.9 Å². The van der Waals surface area contributed by atoms with Crippen molar-refractivity contribution >= 4 is 11.8 Å². The topological polar surface area (TPSA) is 59.1 Å². The van der Waals surface area contributed by atoms with Crippen LogP contribution in [0.15, 0.2) is 30.5 Å². The van der Waals surface area contributed by atoms with E-state index in [4.69, 9.17) is 0 Å². The van der Waals surface area contributed by atoms with Crippen molar-refractivity contribution in [1.82, 2.24) is 9.97 Å². The van der Waals surface area contributed by atoms with Crippen molar-refractivity contribution in [3.05, 3.63) is 41.6 Å². The quantitative estimate of drug-likeness (QED) is 0.668. The maximum Gasteiger partial charge on any atom is 0.573 e. The number of anilines is 2. The van der Waals surface area contributed by atoms with Crippen molar-refractivity contribution in [3.63, 3.8) is 0 Å². The third kappa shape index (κ3) is 6.00. The molecule has 1 aromatic carbocycles. The van der Waals surface area contributed by atoms with Crippen LogP contribution in [0.25, 0.3) is 0 Å². The Bertz CT molecular complexity index is 776. The number of benzene rings is 1. The highest BCUT2D eigenvalue weighted by atomic mass is 19.4. The Morgan fingerprint density at radius 1 is 1.11 bits per heavy atom. The zero-order valence-corrected chi connectivity index (χ0v) is 15.9. The van der Waals surface area contributed by atoms with E-state index in [9.17, 15) is 13.2 Å². The number of rotatable bonds is 7. The van der Waals surface area contributed by atoms with Crippen LogP contribution in [-0.2, 0) is 6.54 Å². The molecular formula is C20H25F3N4O. The van der Waals surface area contributed by atoms with Gasteiger partial charge in [-0.1, -0.05) is 37.5 Å². The molecular weight excluding hydrogens is 369 g/mol. The standard InChI is InChI=1S/C20H25F3N4O/c1-14-11-25-19(27-18(14)24-12-15-7-3-2-4-8-15)26-13-16-9-5-6-10-17(16)28-20(21,22)23/h5-6,9-11,15H,2-4,7-8,12-13H2,1H3,(H2,24,25,26,27). The molecule has 1 aliphatic carbocycles. The van der Waals surface area contributed by atoms with E-state index in [1.54, 1.807) is 18.3 Å². The normalized spacial score (nSPS) is 15.3. The van der Waals surface area contributed by atoms with Gasteiger partial charge >= 0.3 is 6.36 Å². The summed E-state index contributed by atoms with van der Waals surface area (Å²) in [4.78, 5) is 8.71. The number of alkyl halides is 3. The first kappa shape index (κ1) is 20.2. The highest BCUT2D eigenvalue weighted by Crippen LogP contribution is 2.27. The van der Waals surface area contributed by atoms with Crippen molar-refractivity contribution < 1.29 is 17.9 Å². The molecule has 8 heteroatoms. The Balaban J connectivity index is 1.62. The minimum absolute atomic E-state index is 0.122. The molecule has 0 unspecified atom stereocenters. The summed E-state index contributed by atoms with van der Waals surface area (Å²) in [5.74, 6) is 1.54. The molecule has 0 saturated heterocycles. The summed E-state index contributed by atoms with van der Waals surface area (Å²) in [5, 5.41) is 6.38. The predicted molar refractivity (Wildman–Crippen MR) is 102 cm³/mol. The fourth-order valence-corrected chi connectivity index (χ4v) is 3.39. The fraction of sp³-hybridized carbons (Fsp3) is 0.500. The lowest BCUT2D eigenvalue weighted by Crippen LogP contribution is -2.19. The average molecular weight is 394 g/mol. The van der Waals surface area contributed by atoms with Crippen LogP contribution in [0.1, 0.15) is 43.2 Å². The highest BCUT2D eigenvalue weighted by Gasteiger charge is 2.31. The summed E-state index contributed by atoms with van der Waals surface area (Å²) in [6, 6.07) is 6.02. The Morgan fingerprint density at radius 3 is 2.61 bits per heavy atom. The first-order chi connectivity index (χ1) is 13.4. The van der Waals surface area contributed by atoms with Crippen LogP contribution < -0.4 is 15.4 Å². The molecule has 0 aliphatic heterocycles. The number of aryl methyl sites for hydroxylation is 1. The summed E-state index contributed by atoms with van der Waals surface area (Å²) in [6.07, 6.45) is 3.32. The minimum atomic E-state index is -4.73. The van der Waals surface area contributed by atoms with Gasteiger partial charge in [-0.15, -0.1) is 13.2 Å². The molecule has 152 valence electrons. The molecule has 2 aromatic rings. The monoisotopic (exact) mass is 394 g/mol. The van der Waals surface area contributed by atoms with Gasteiger partial charge in [-0.2, -0.15) is 4.98 Å². The van der Waals surface area contributed by atoms with Crippen molar-refractivity contribution in [2.24, 2.45) is 5.92 Å². The lowest BCUT2D eigenvalue weighted by atomic mass is 9.89. The smallest absolute Gasteiger partial charge is 0.405 e. The summed E-state index contributed by atoms with van der Waals surface area (Å²) >= 11 is 0. The van der Waals surface area contributed by atoms with Crippen LogP contribution in [0.3, 0.4) is 0 Å². The predicted octanol–water partition coefficient (Wildman–Crippen LogP) is 5.29. The summed E-state index contributed by atoms with van der Waals surface area (Å²) in [7, 11) is 0. The lowest BCUT2D eigenvalue weighted by Gasteiger charge is -2.22. The zero-order chi connectivity index (χ0) is 20.0. The molecule has 2 N–H and O–H groups in total. The van der Waals surface area contributed by atoms with E-state index in [0.29, 0.717) is 17.4 Å². The SMILES string of the molecule is Cc1cnc(NCc2ccccc2OC(F)(F)F)nc1NCC1CCCCC1. The number of ether oxygens (including phenoxy) is 1. The molecule has 1 heterocycles. The minimum Gasteiger partial charge on any atom is -0.405 e. The van der Waals surface area contributed by atoms with Crippen LogP contribution in [-0.4, -0.2) is 22.9 Å². The van der Waals surface area contributed by atoms with Gasteiger partial charge in [-0.05, 0) is 31.7 Å². The second-order valence-corrected chi connectivity index (χ2v) is 7.12. The molecule has 1 aliphatic rings. The van der Waals surface area contributed by atoms with Gasteiger partial charge in [0.05, 0.1) is 0 Å². The second-order valence-electron chi connectivity index (χ2n) is 7.12. The Morgan fingerprint density at radius 2 is 1.86 bits per heavy atom. The van der Waals surface area contributed by atoms with Crippen molar-refractivity contribution in [1.29, 1.82) is 0 Å². The van der Waals surface area contributed by atoms with Crippen molar-refractivity contribution in [3.8, 4) is 5.75 Å². The molecule has 28 heavy (non-hydrogen) atoms. The molecule has 3 rings (SSSR count). The highest BCUT2D eigenvalue weighted by molar-refractivity contribution is 5.47. The third-order valence-corrected chi connectivity index (χ3v) is 4.89. The van der Waals surface area contributed by atoms with E-state index in [1.807, 2.05) is 6.92 Å². The molecule has 0 bridgehead atoms. The van der Waals surface area contributed by atoms with E-state index in [1.165, 1.54) is 44.2 Å². The summed E-state index contributed by atoms with van der Waals surface area (Å²) < 4.78 is 41.7. The number of nitrogens with zero attached hydrogens (tertiary/aromatic N) is 2. The molecule has 1 saturated carbocycles. The van der Waals surface area contributed by atoms with Gasteiger partial charge in [-0.3, -0.25) is 0 Å². The van der Waals surface area contributed by atoms with Crippen molar-refractivity contribution in [2.75, 3.05) is 17.2 Å². The van der Waals surface area contributed by atoms with Gasteiger partial charge in [0.25, 0.3) is 0 Å². The molecule has 0 atom stereocenters. The molecule has 1 fully saturated rings. The first-order valence-corrected chi connectivity index (χ1v) is 9.56. The molecule has 1 aromatic heterocycles. The van der Waals surface area contributed by atoms with Crippen LogP contribution in [0, 0.1) is 12.8 Å². The van der Waals surface area contributed by atoms with E-state index in [-0.39, 0.29) is 12.3 Å². The Kier molecular flexibility index (Phi) is 6.59. The number of aromatic nitrogens is 2. The second kappa shape index (κ2) is 9.12. The Labute approximate surface area is 162 Å². The van der Waals surface area contributed by atoms with Gasteiger partial charge in [0.1, 0.15) is 11.6 Å². The first-order valence-electron chi connectivity index (χ1n) is 9.56. The summed E-state index contributed by atoms with van der Waals surface area (Å²) in [6.45, 7) is 2.93. The Hall–Kier alpha value is -2.51. The number of hydrogen-bond donors (Lipinski definition) is 2. The lowest BCUT2D eigenvalue weighted by molar-refractivity contribution is -0.274. The largest absolute Gasteiger partial charge is 0.573 e. The number of nitrogens with one attached hydrogen (secondary N) is 2. The van der Waals surface area contributed by atoms with Gasteiger partial charge < -0.3 is 15.4 Å². The van der Waals surface area contributed by atoms with E-state index in [2.05, 4.69) is 25.3 Å². The van der Waals surface area contributed by atoms with Gasteiger partial charge in [0, 0.05) is 30.4 Å².